The van der Waals surface area contributed by atoms with Gasteiger partial charge in [-0.1, -0.05) is 32.9 Å². The molecule has 0 bridgehead atoms. The smallest absolute Gasteiger partial charge is 0.307 e. The molecule has 1 aliphatic heterocycles. The Labute approximate surface area is 247 Å². The summed E-state index contributed by atoms with van der Waals surface area (Å²) in [5.41, 5.74) is 3.64. The lowest BCUT2D eigenvalue weighted by molar-refractivity contribution is -0.136. The number of aliphatic carboxylic acids is 1. The molecule has 0 unspecified atom stereocenters. The number of carboxylic acid groups (broad SMARTS) is 1. The van der Waals surface area contributed by atoms with Gasteiger partial charge in [0.1, 0.15) is 5.82 Å². The first-order valence-corrected chi connectivity index (χ1v) is 14.4. The highest BCUT2D eigenvalue weighted by molar-refractivity contribution is 5.83. The van der Waals surface area contributed by atoms with E-state index in [0.717, 1.165) is 43.6 Å². The number of anilines is 1. The maximum Gasteiger partial charge on any atom is 0.307 e. The number of carbonyl (C=O) groups is 1. The average Bonchev–Trinajstić information content (AvgIpc) is 2.92. The van der Waals surface area contributed by atoms with E-state index >= 15 is 0 Å². The molecule has 0 saturated carbocycles. The number of hydrogen-bond donors (Lipinski definition) is 2. The first kappa shape index (κ1) is 32.9. The van der Waals surface area contributed by atoms with E-state index in [0.29, 0.717) is 28.9 Å². The van der Waals surface area contributed by atoms with Crippen molar-refractivity contribution in [1.82, 2.24) is 9.97 Å². The molecule has 42 heavy (non-hydrogen) atoms. The van der Waals surface area contributed by atoms with Crippen LogP contribution in [0.1, 0.15) is 70.7 Å². The maximum atomic E-state index is 15.0. The van der Waals surface area contributed by atoms with Crippen LogP contribution in [0.4, 0.5) is 14.5 Å². The Bertz CT molecular complexity index is 1340. The number of benzene rings is 1. The molecule has 1 aromatic carbocycles. The van der Waals surface area contributed by atoms with Crippen molar-refractivity contribution in [2.75, 3.05) is 24.6 Å². The van der Waals surface area contributed by atoms with Crippen LogP contribution in [0, 0.1) is 24.1 Å². The Balaban J connectivity index is 0.000000730. The number of rotatable bonds is 9. The van der Waals surface area contributed by atoms with Gasteiger partial charge in [-0.15, -0.1) is 0 Å². The second-order valence-electron chi connectivity index (χ2n) is 12.2. The second-order valence-corrected chi connectivity index (χ2v) is 12.2. The van der Waals surface area contributed by atoms with Crippen LogP contribution in [0.2, 0.25) is 0 Å². The van der Waals surface area contributed by atoms with Crippen LogP contribution in [0.15, 0.2) is 42.6 Å². The Kier molecular flexibility index (Phi) is 11.0. The van der Waals surface area contributed by atoms with E-state index in [4.69, 9.17) is 9.84 Å². The van der Waals surface area contributed by atoms with Gasteiger partial charge in [0.05, 0.1) is 30.0 Å². The van der Waals surface area contributed by atoms with E-state index in [1.54, 1.807) is 45.2 Å². The highest BCUT2D eigenvalue weighted by Crippen LogP contribution is 2.39. The van der Waals surface area contributed by atoms with Crippen molar-refractivity contribution in [3.63, 3.8) is 0 Å². The maximum absolute atomic E-state index is 15.0. The Morgan fingerprint density at radius 3 is 2.26 bits per heavy atom. The summed E-state index contributed by atoms with van der Waals surface area (Å²) in [4.78, 5) is 22.4. The van der Waals surface area contributed by atoms with E-state index in [2.05, 4.69) is 28.7 Å². The molecular weight excluding hydrogens is 540 g/mol. The molecule has 0 amide bonds. The molecule has 1 saturated heterocycles. The number of aliphatic hydroxyl groups is 1. The summed E-state index contributed by atoms with van der Waals surface area (Å²) >= 11 is 0. The van der Waals surface area contributed by atoms with Crippen LogP contribution in [-0.4, -0.2) is 51.4 Å². The van der Waals surface area contributed by atoms with E-state index in [1.807, 2.05) is 6.92 Å². The first-order chi connectivity index (χ1) is 19.7. The van der Waals surface area contributed by atoms with Gasteiger partial charge < -0.3 is 19.8 Å². The van der Waals surface area contributed by atoms with Gasteiger partial charge in [0.15, 0.2) is 5.75 Å². The minimum atomic E-state index is -0.945. The zero-order chi connectivity index (χ0) is 31.1. The third-order valence-electron chi connectivity index (χ3n) is 7.64. The largest absolute Gasteiger partial charge is 0.488 e. The zero-order valence-corrected chi connectivity index (χ0v) is 25.5. The standard InChI is InChI=1S/C28H31F2N3O3.C5H12O/c1-18-21(16-25(34)35)26(33-13-11-28(2,3)12-14-33)22(17-31-18)23-8-9-24(27(30)32-23)36-15-10-19-4-6-20(29)7-5-19;1-4-5(2,3)6/h4-9,17H,10-16H2,1-3H3,(H,34,35);6H,4H2,1-3H3. The van der Waals surface area contributed by atoms with Crippen molar-refractivity contribution in [3.8, 4) is 17.0 Å². The number of hydrogen-bond acceptors (Lipinski definition) is 6. The first-order valence-electron chi connectivity index (χ1n) is 14.4. The van der Waals surface area contributed by atoms with Crippen LogP contribution in [0.3, 0.4) is 0 Å². The van der Waals surface area contributed by atoms with Gasteiger partial charge in [-0.25, -0.2) is 9.37 Å². The molecule has 0 aliphatic carbocycles. The number of aromatic nitrogens is 2. The van der Waals surface area contributed by atoms with Gasteiger partial charge in [-0.05, 0) is 75.3 Å². The summed E-state index contributed by atoms with van der Waals surface area (Å²) in [5.74, 6) is -1.99. The molecule has 4 rings (SSSR count). The lowest BCUT2D eigenvalue weighted by Gasteiger charge is -2.40. The molecule has 2 N–H and O–H groups in total. The summed E-state index contributed by atoms with van der Waals surface area (Å²) in [6.45, 7) is 13.6. The van der Waals surface area contributed by atoms with Gasteiger partial charge >= 0.3 is 5.97 Å². The minimum absolute atomic E-state index is 0.0213. The quantitative estimate of drug-likeness (QED) is 0.268. The number of ether oxygens (including phenoxy) is 1. The fraction of sp³-hybridized carbons (Fsp3) is 0.485. The number of carboxylic acids is 1. The molecule has 3 heterocycles. The van der Waals surface area contributed by atoms with E-state index in [9.17, 15) is 18.7 Å². The highest BCUT2D eigenvalue weighted by Gasteiger charge is 2.29. The molecule has 7 nitrogen and oxygen atoms in total. The van der Waals surface area contributed by atoms with E-state index in [1.165, 1.54) is 18.2 Å². The Hall–Kier alpha value is -3.59. The molecule has 9 heteroatoms. The van der Waals surface area contributed by atoms with E-state index in [-0.39, 0.29) is 30.0 Å². The van der Waals surface area contributed by atoms with E-state index < -0.39 is 17.5 Å². The van der Waals surface area contributed by atoms with Crippen molar-refractivity contribution in [2.45, 2.75) is 79.2 Å². The lowest BCUT2D eigenvalue weighted by Crippen LogP contribution is -2.38. The van der Waals surface area contributed by atoms with Gasteiger partial charge in [-0.2, -0.15) is 4.39 Å². The van der Waals surface area contributed by atoms with Crippen molar-refractivity contribution in [1.29, 1.82) is 0 Å². The fourth-order valence-corrected chi connectivity index (χ4v) is 4.49. The molecule has 3 aromatic rings. The molecule has 2 aromatic heterocycles. The monoisotopic (exact) mass is 583 g/mol. The molecule has 0 spiro atoms. The van der Waals surface area contributed by atoms with Crippen LogP contribution < -0.4 is 9.64 Å². The van der Waals surface area contributed by atoms with Crippen molar-refractivity contribution in [2.24, 2.45) is 5.41 Å². The Morgan fingerprint density at radius 1 is 1.10 bits per heavy atom. The molecule has 1 fully saturated rings. The molecule has 0 atom stereocenters. The number of aryl methyl sites for hydroxylation is 1. The van der Waals surface area contributed by atoms with Gasteiger partial charge in [0, 0.05) is 42.5 Å². The number of piperidine rings is 1. The average molecular weight is 584 g/mol. The minimum Gasteiger partial charge on any atom is -0.488 e. The van der Waals surface area contributed by atoms with Crippen LogP contribution in [0.5, 0.6) is 5.75 Å². The summed E-state index contributed by atoms with van der Waals surface area (Å²) < 4.78 is 33.6. The number of halogens is 2. The Morgan fingerprint density at radius 2 is 1.71 bits per heavy atom. The predicted octanol–water partition coefficient (Wildman–Crippen LogP) is 6.77. The number of nitrogens with zero attached hydrogens (tertiary/aromatic N) is 3. The zero-order valence-electron chi connectivity index (χ0n) is 25.5. The van der Waals surface area contributed by atoms with Gasteiger partial charge in [-0.3, -0.25) is 9.78 Å². The summed E-state index contributed by atoms with van der Waals surface area (Å²) in [6, 6.07) is 9.28. The normalized spacial score (nSPS) is 14.6. The summed E-state index contributed by atoms with van der Waals surface area (Å²) in [5, 5.41) is 18.4. The molecule has 1 aliphatic rings. The van der Waals surface area contributed by atoms with Crippen molar-refractivity contribution in [3.05, 3.63) is 71.2 Å². The van der Waals surface area contributed by atoms with Crippen LogP contribution >= 0.6 is 0 Å². The third-order valence-corrected chi connectivity index (χ3v) is 7.64. The highest BCUT2D eigenvalue weighted by atomic mass is 19.1. The second kappa shape index (κ2) is 14.1. The third kappa shape index (κ3) is 9.48. The molecular formula is C33H43F2N3O4. The predicted molar refractivity (Wildman–Crippen MR) is 161 cm³/mol. The van der Waals surface area contributed by atoms with Crippen LogP contribution in [0.25, 0.3) is 11.3 Å². The molecule has 0 radical (unpaired) electrons. The topological polar surface area (TPSA) is 95.8 Å². The lowest BCUT2D eigenvalue weighted by atomic mass is 9.82. The van der Waals surface area contributed by atoms with Crippen LogP contribution in [-0.2, 0) is 17.6 Å². The molecule has 228 valence electrons. The summed E-state index contributed by atoms with van der Waals surface area (Å²) in [6.07, 6.45) is 4.72. The van der Waals surface area contributed by atoms with Gasteiger partial charge in [0.2, 0.25) is 0 Å². The van der Waals surface area contributed by atoms with Gasteiger partial charge in [0.25, 0.3) is 5.95 Å². The van der Waals surface area contributed by atoms with Crippen molar-refractivity contribution >= 4 is 11.7 Å². The van der Waals surface area contributed by atoms with Crippen molar-refractivity contribution < 1.29 is 28.5 Å². The fourth-order valence-electron chi connectivity index (χ4n) is 4.49. The SMILES string of the molecule is CCC(C)(C)O.Cc1ncc(-c2ccc(OCCc3ccc(F)cc3)c(F)n2)c(N2CCC(C)(C)CC2)c1CC(=O)O. The number of pyridine rings is 2. The summed E-state index contributed by atoms with van der Waals surface area (Å²) in [7, 11) is 0.